The Labute approximate surface area is 233 Å². The molecule has 9 heteroatoms. The maximum Gasteiger partial charge on any atom is 0.324 e. The second kappa shape index (κ2) is 11.1. The first-order chi connectivity index (χ1) is 19.2. The maximum absolute atomic E-state index is 13.6. The number of fused-ring (bicyclic) bond motifs is 3. The number of amides is 4. The number of pyridine rings is 1. The molecule has 1 heterocycles. The predicted molar refractivity (Wildman–Crippen MR) is 150 cm³/mol. The van der Waals surface area contributed by atoms with E-state index in [0.717, 1.165) is 31.3 Å². The van der Waals surface area contributed by atoms with Gasteiger partial charge < -0.3 is 16.0 Å². The van der Waals surface area contributed by atoms with E-state index in [2.05, 4.69) is 22.5 Å². The van der Waals surface area contributed by atoms with Crippen molar-refractivity contribution >= 4 is 23.5 Å². The SMILES string of the molecule is CN(C)C(=O)N(CC1=CC=C2C(C=C1)C21CCCC[C@H]1C(=O)NC(C(N)=O)c1cccnc1)c1ccc(F)cc1. The van der Waals surface area contributed by atoms with Crippen LogP contribution in [0.25, 0.3) is 0 Å². The van der Waals surface area contributed by atoms with Crippen LogP contribution in [0.5, 0.6) is 0 Å². The van der Waals surface area contributed by atoms with Gasteiger partial charge >= 0.3 is 6.03 Å². The van der Waals surface area contributed by atoms with E-state index in [1.807, 2.05) is 12.2 Å². The lowest BCUT2D eigenvalue weighted by Gasteiger charge is -2.32. The highest BCUT2D eigenvalue weighted by Crippen LogP contribution is 2.69. The molecular formula is C31H34FN5O3. The van der Waals surface area contributed by atoms with Crippen molar-refractivity contribution in [1.29, 1.82) is 0 Å². The van der Waals surface area contributed by atoms with E-state index in [-0.39, 0.29) is 35.0 Å². The Morgan fingerprint density at radius 1 is 1.15 bits per heavy atom. The number of nitrogens with zero attached hydrogens (tertiary/aromatic N) is 3. The number of halogens is 1. The van der Waals surface area contributed by atoms with Crippen molar-refractivity contribution in [1.82, 2.24) is 15.2 Å². The minimum atomic E-state index is -0.938. The zero-order valence-electron chi connectivity index (χ0n) is 22.7. The molecule has 4 atom stereocenters. The minimum absolute atomic E-state index is 0.103. The van der Waals surface area contributed by atoms with Gasteiger partial charge in [0, 0.05) is 55.0 Å². The summed E-state index contributed by atoms with van der Waals surface area (Å²) in [4.78, 5) is 46.0. The van der Waals surface area contributed by atoms with Crippen LogP contribution in [-0.4, -0.2) is 48.4 Å². The van der Waals surface area contributed by atoms with Gasteiger partial charge in [-0.05, 0) is 48.7 Å². The van der Waals surface area contributed by atoms with Crippen LogP contribution in [0.4, 0.5) is 14.9 Å². The predicted octanol–water partition coefficient (Wildman–Crippen LogP) is 4.28. The van der Waals surface area contributed by atoms with E-state index >= 15 is 0 Å². The highest BCUT2D eigenvalue weighted by atomic mass is 19.1. The van der Waals surface area contributed by atoms with Gasteiger partial charge in [0.1, 0.15) is 11.9 Å². The van der Waals surface area contributed by atoms with E-state index in [1.165, 1.54) is 22.6 Å². The van der Waals surface area contributed by atoms with E-state index in [9.17, 15) is 18.8 Å². The van der Waals surface area contributed by atoms with E-state index in [4.69, 9.17) is 5.73 Å². The summed E-state index contributed by atoms with van der Waals surface area (Å²) in [6.45, 7) is 0.317. The minimum Gasteiger partial charge on any atom is -0.368 e. The van der Waals surface area contributed by atoms with Crippen molar-refractivity contribution < 1.29 is 18.8 Å². The lowest BCUT2D eigenvalue weighted by molar-refractivity contribution is -0.132. The van der Waals surface area contributed by atoms with Crippen molar-refractivity contribution in [2.45, 2.75) is 31.7 Å². The number of hydrogen-bond donors (Lipinski definition) is 2. The number of aromatic nitrogens is 1. The quantitative estimate of drug-likeness (QED) is 0.543. The van der Waals surface area contributed by atoms with Crippen LogP contribution in [0.2, 0.25) is 0 Å². The van der Waals surface area contributed by atoms with E-state index in [0.29, 0.717) is 17.8 Å². The molecule has 2 aromatic rings. The lowest BCUT2D eigenvalue weighted by atomic mass is 9.73. The number of nitrogens with one attached hydrogen (secondary N) is 1. The summed E-state index contributed by atoms with van der Waals surface area (Å²) < 4.78 is 13.5. The Bertz CT molecular complexity index is 1390. The third-order valence-electron chi connectivity index (χ3n) is 8.28. The molecule has 2 fully saturated rings. The average Bonchev–Trinajstić information content (AvgIpc) is 3.61. The fraction of sp³-hybridized carbons (Fsp3) is 0.355. The lowest BCUT2D eigenvalue weighted by Crippen LogP contribution is -2.44. The standard InChI is InChI=1S/C31H34FN5O3/c1-36(2)30(40)37(23-12-10-22(32)11-13-23)19-20-8-14-24-25(15-9-20)31(24)16-4-3-7-26(31)29(39)35-27(28(33)38)21-6-5-17-34-18-21/h5-6,8-15,17-18,24,26-27H,3-4,7,16,19H2,1-2H3,(H2,33,38)(H,35,39)/t24?,26-,27?,31?/m0/s1. The van der Waals surface area contributed by atoms with Gasteiger partial charge in [-0.1, -0.05) is 48.8 Å². The second-order valence-electron chi connectivity index (χ2n) is 10.9. The van der Waals surface area contributed by atoms with Crippen molar-refractivity contribution in [3.8, 4) is 0 Å². The molecular weight excluding hydrogens is 509 g/mol. The number of anilines is 1. The van der Waals surface area contributed by atoms with Gasteiger partial charge in [0.15, 0.2) is 0 Å². The summed E-state index contributed by atoms with van der Waals surface area (Å²) in [7, 11) is 3.37. The molecule has 1 aromatic heterocycles. The molecule has 3 unspecified atom stereocenters. The first kappa shape index (κ1) is 27.3. The number of primary amides is 1. The van der Waals surface area contributed by atoms with Gasteiger partial charge in [-0.25, -0.2) is 9.18 Å². The molecule has 3 N–H and O–H groups in total. The number of nitrogens with two attached hydrogens (primary N) is 1. The van der Waals surface area contributed by atoms with Crippen LogP contribution in [0.1, 0.15) is 37.3 Å². The Balaban J connectivity index is 1.36. The Morgan fingerprint density at radius 3 is 2.60 bits per heavy atom. The molecule has 40 heavy (non-hydrogen) atoms. The van der Waals surface area contributed by atoms with Crippen molar-refractivity contribution in [2.24, 2.45) is 23.0 Å². The van der Waals surface area contributed by atoms with Crippen LogP contribution < -0.4 is 16.0 Å². The summed E-state index contributed by atoms with van der Waals surface area (Å²) >= 11 is 0. The van der Waals surface area contributed by atoms with Crippen LogP contribution in [0.15, 0.2) is 84.2 Å². The zero-order valence-corrected chi connectivity index (χ0v) is 22.7. The smallest absolute Gasteiger partial charge is 0.324 e. The van der Waals surface area contributed by atoms with Crippen molar-refractivity contribution in [2.75, 3.05) is 25.5 Å². The monoisotopic (exact) mass is 543 g/mol. The van der Waals surface area contributed by atoms with E-state index in [1.54, 1.807) is 55.7 Å². The van der Waals surface area contributed by atoms with E-state index < -0.39 is 11.9 Å². The maximum atomic E-state index is 13.6. The third-order valence-corrected chi connectivity index (χ3v) is 8.28. The topological polar surface area (TPSA) is 109 Å². The molecule has 4 amide bonds. The first-order valence-electron chi connectivity index (χ1n) is 13.6. The van der Waals surface area contributed by atoms with Crippen molar-refractivity contribution in [3.05, 3.63) is 95.6 Å². The summed E-state index contributed by atoms with van der Waals surface area (Å²) in [5, 5.41) is 2.91. The molecule has 8 nitrogen and oxygen atoms in total. The van der Waals surface area contributed by atoms with Gasteiger partial charge in [0.2, 0.25) is 11.8 Å². The molecule has 3 aliphatic rings. The zero-order chi connectivity index (χ0) is 28.4. The largest absolute Gasteiger partial charge is 0.368 e. The molecule has 0 saturated heterocycles. The summed E-state index contributed by atoms with van der Waals surface area (Å²) in [5.74, 6) is -1.33. The molecule has 1 spiro atoms. The van der Waals surface area contributed by atoms with Gasteiger partial charge in [0.05, 0.1) is 6.54 Å². The number of benzene rings is 1. The van der Waals surface area contributed by atoms with Crippen LogP contribution >= 0.6 is 0 Å². The molecule has 0 radical (unpaired) electrons. The summed E-state index contributed by atoms with van der Waals surface area (Å²) in [5.41, 5.74) is 8.66. The van der Waals surface area contributed by atoms with Crippen LogP contribution in [-0.2, 0) is 9.59 Å². The number of carbonyl (C=O) groups is 3. The fourth-order valence-corrected chi connectivity index (χ4v) is 6.26. The highest BCUT2D eigenvalue weighted by Gasteiger charge is 2.64. The fourth-order valence-electron chi connectivity index (χ4n) is 6.26. The number of allylic oxidation sites excluding steroid dienone is 4. The average molecular weight is 544 g/mol. The second-order valence-corrected chi connectivity index (χ2v) is 10.9. The molecule has 5 rings (SSSR count). The molecule has 1 aromatic carbocycles. The van der Waals surface area contributed by atoms with Gasteiger partial charge in [-0.2, -0.15) is 0 Å². The normalized spacial score (nSPS) is 23.7. The third kappa shape index (κ3) is 5.15. The van der Waals surface area contributed by atoms with Crippen LogP contribution in [0.3, 0.4) is 0 Å². The highest BCUT2D eigenvalue weighted by molar-refractivity contribution is 5.92. The summed E-state index contributed by atoms with van der Waals surface area (Å²) in [6, 6.07) is 8.17. The number of rotatable bonds is 7. The van der Waals surface area contributed by atoms with Gasteiger partial charge in [-0.3, -0.25) is 19.5 Å². The van der Waals surface area contributed by atoms with Gasteiger partial charge in [0.25, 0.3) is 0 Å². The first-order valence-corrected chi connectivity index (χ1v) is 13.6. The molecule has 3 aliphatic carbocycles. The number of urea groups is 1. The molecule has 2 saturated carbocycles. The summed E-state index contributed by atoms with van der Waals surface area (Å²) in [6.07, 6.45) is 15.0. The Kier molecular flexibility index (Phi) is 7.56. The van der Waals surface area contributed by atoms with Gasteiger partial charge in [-0.15, -0.1) is 0 Å². The number of carbonyl (C=O) groups excluding carboxylic acids is 3. The number of hydrogen-bond acceptors (Lipinski definition) is 4. The van der Waals surface area contributed by atoms with Crippen molar-refractivity contribution in [3.63, 3.8) is 0 Å². The Morgan fingerprint density at radius 2 is 1.93 bits per heavy atom. The van der Waals surface area contributed by atoms with Crippen LogP contribution in [0, 0.1) is 23.1 Å². The molecule has 0 aliphatic heterocycles. The molecule has 208 valence electrons. The molecule has 0 bridgehead atoms. The Hall–Kier alpha value is -4.27.